The van der Waals surface area contributed by atoms with Crippen molar-refractivity contribution in [3.8, 4) is 0 Å². The average Bonchev–Trinajstić information content (AvgIpc) is 3.00. The standard InChI is InChI=1S/C19H23FN4O/c20-17-5-2-8-22-18(17)23-16-10-19(25-13-16)6-3-9-24(14-19)12-15-4-1-7-21-11-15/h1-2,4-5,7-8,11,16H,3,6,9-10,12-14H2,(H,22,23)/t16-,19+/m0/s1. The molecule has 0 bridgehead atoms. The fourth-order valence-electron chi connectivity index (χ4n) is 3.98. The first-order valence-corrected chi connectivity index (χ1v) is 8.85. The highest BCUT2D eigenvalue weighted by molar-refractivity contribution is 5.37. The van der Waals surface area contributed by atoms with Gasteiger partial charge in [0.15, 0.2) is 11.6 Å². The van der Waals surface area contributed by atoms with Crippen molar-refractivity contribution in [1.29, 1.82) is 0 Å². The second kappa shape index (κ2) is 7.06. The zero-order valence-corrected chi connectivity index (χ0v) is 14.2. The first-order valence-electron chi connectivity index (χ1n) is 8.85. The van der Waals surface area contributed by atoms with Crippen molar-refractivity contribution in [3.05, 3.63) is 54.2 Å². The molecule has 1 spiro atoms. The van der Waals surface area contributed by atoms with Crippen LogP contribution in [0, 0.1) is 5.82 Å². The van der Waals surface area contributed by atoms with Crippen LogP contribution in [0.15, 0.2) is 42.9 Å². The van der Waals surface area contributed by atoms with Crippen molar-refractivity contribution in [2.45, 2.75) is 37.5 Å². The van der Waals surface area contributed by atoms with Crippen LogP contribution in [0.4, 0.5) is 10.2 Å². The maximum atomic E-state index is 13.8. The Morgan fingerprint density at radius 2 is 2.24 bits per heavy atom. The Hall–Kier alpha value is -2.05. The van der Waals surface area contributed by atoms with Gasteiger partial charge in [-0.2, -0.15) is 0 Å². The Balaban J connectivity index is 1.38. The molecular formula is C19H23FN4O. The summed E-state index contributed by atoms with van der Waals surface area (Å²) in [6, 6.07) is 7.21. The van der Waals surface area contributed by atoms with E-state index in [1.807, 2.05) is 12.3 Å². The van der Waals surface area contributed by atoms with Crippen molar-refractivity contribution in [1.82, 2.24) is 14.9 Å². The molecule has 2 aliphatic rings. The second-order valence-electron chi connectivity index (χ2n) is 7.05. The van der Waals surface area contributed by atoms with Gasteiger partial charge >= 0.3 is 0 Å². The van der Waals surface area contributed by atoms with Crippen molar-refractivity contribution in [3.63, 3.8) is 0 Å². The van der Waals surface area contributed by atoms with Crippen LogP contribution in [0.3, 0.4) is 0 Å². The number of rotatable bonds is 4. The topological polar surface area (TPSA) is 50.3 Å². The molecule has 2 aromatic heterocycles. The average molecular weight is 342 g/mol. The molecule has 2 fully saturated rings. The molecule has 0 radical (unpaired) electrons. The van der Waals surface area contributed by atoms with Gasteiger partial charge in [0, 0.05) is 38.1 Å². The van der Waals surface area contributed by atoms with E-state index in [2.05, 4.69) is 26.3 Å². The third-order valence-corrected chi connectivity index (χ3v) is 5.06. The lowest BCUT2D eigenvalue weighted by Gasteiger charge is -2.39. The highest BCUT2D eigenvalue weighted by Crippen LogP contribution is 2.36. The minimum atomic E-state index is -0.315. The molecule has 2 aliphatic heterocycles. The number of ether oxygens (including phenoxy) is 1. The van der Waals surface area contributed by atoms with E-state index >= 15 is 0 Å². The van der Waals surface area contributed by atoms with Gasteiger partial charge in [0.2, 0.25) is 0 Å². The summed E-state index contributed by atoms with van der Waals surface area (Å²) in [6.45, 7) is 3.47. The van der Waals surface area contributed by atoms with E-state index in [-0.39, 0.29) is 17.5 Å². The summed E-state index contributed by atoms with van der Waals surface area (Å²) < 4.78 is 20.0. The van der Waals surface area contributed by atoms with E-state index < -0.39 is 0 Å². The predicted molar refractivity (Wildman–Crippen MR) is 93.7 cm³/mol. The number of piperidine rings is 1. The van der Waals surface area contributed by atoms with E-state index in [9.17, 15) is 4.39 Å². The van der Waals surface area contributed by atoms with Gasteiger partial charge in [-0.3, -0.25) is 9.88 Å². The lowest BCUT2D eigenvalue weighted by Crippen LogP contribution is -2.47. The number of hydrogen-bond donors (Lipinski definition) is 1. The van der Waals surface area contributed by atoms with Gasteiger partial charge in [0.1, 0.15) is 0 Å². The molecule has 25 heavy (non-hydrogen) atoms. The smallest absolute Gasteiger partial charge is 0.165 e. The molecule has 0 aliphatic carbocycles. The van der Waals surface area contributed by atoms with E-state index in [1.54, 1.807) is 18.5 Å². The third kappa shape index (κ3) is 3.80. The number of nitrogens with one attached hydrogen (secondary N) is 1. The predicted octanol–water partition coefficient (Wildman–Crippen LogP) is 2.85. The summed E-state index contributed by atoms with van der Waals surface area (Å²) in [4.78, 5) is 10.7. The van der Waals surface area contributed by atoms with Crippen LogP contribution in [0.2, 0.25) is 0 Å². The van der Waals surface area contributed by atoms with E-state index in [0.29, 0.717) is 12.4 Å². The van der Waals surface area contributed by atoms with Gasteiger partial charge in [0.05, 0.1) is 18.2 Å². The molecule has 2 atom stereocenters. The van der Waals surface area contributed by atoms with Crippen LogP contribution < -0.4 is 5.32 Å². The number of nitrogens with zero attached hydrogens (tertiary/aromatic N) is 3. The highest BCUT2D eigenvalue weighted by atomic mass is 19.1. The van der Waals surface area contributed by atoms with Crippen LogP contribution in [-0.4, -0.2) is 46.2 Å². The zero-order chi connectivity index (χ0) is 17.1. The van der Waals surface area contributed by atoms with Crippen LogP contribution in [0.25, 0.3) is 0 Å². The number of aromatic nitrogens is 2. The van der Waals surface area contributed by atoms with Crippen LogP contribution in [0.1, 0.15) is 24.8 Å². The monoisotopic (exact) mass is 342 g/mol. The molecule has 5 nitrogen and oxygen atoms in total. The van der Waals surface area contributed by atoms with Crippen molar-refractivity contribution >= 4 is 5.82 Å². The maximum Gasteiger partial charge on any atom is 0.165 e. The Kier molecular flexibility index (Phi) is 4.63. The first-order chi connectivity index (χ1) is 12.2. The molecule has 4 rings (SSSR count). The molecule has 132 valence electrons. The Morgan fingerprint density at radius 3 is 3.08 bits per heavy atom. The summed E-state index contributed by atoms with van der Waals surface area (Å²) in [5, 5.41) is 3.21. The lowest BCUT2D eigenvalue weighted by atomic mass is 9.88. The summed E-state index contributed by atoms with van der Waals surface area (Å²) in [6.07, 6.45) is 8.38. The molecule has 2 saturated heterocycles. The van der Waals surface area contributed by atoms with Crippen molar-refractivity contribution in [2.75, 3.05) is 25.0 Å². The second-order valence-corrected chi connectivity index (χ2v) is 7.05. The van der Waals surface area contributed by atoms with Gasteiger partial charge in [-0.1, -0.05) is 6.07 Å². The summed E-state index contributed by atoms with van der Waals surface area (Å²) in [7, 11) is 0. The minimum Gasteiger partial charge on any atom is -0.371 e. The first kappa shape index (κ1) is 16.4. The molecule has 0 aromatic carbocycles. The minimum absolute atomic E-state index is 0.0998. The highest BCUT2D eigenvalue weighted by Gasteiger charge is 2.43. The molecule has 4 heterocycles. The number of halogens is 1. The molecule has 0 saturated carbocycles. The molecule has 6 heteroatoms. The van der Waals surface area contributed by atoms with Gasteiger partial charge in [-0.25, -0.2) is 9.37 Å². The fraction of sp³-hybridized carbons (Fsp3) is 0.474. The molecule has 1 N–H and O–H groups in total. The number of anilines is 1. The number of pyridine rings is 2. The summed E-state index contributed by atoms with van der Waals surface area (Å²) >= 11 is 0. The molecule has 0 amide bonds. The summed E-state index contributed by atoms with van der Waals surface area (Å²) in [5.41, 5.74) is 1.09. The van der Waals surface area contributed by atoms with Crippen molar-refractivity contribution in [2.24, 2.45) is 0 Å². The van der Waals surface area contributed by atoms with Gasteiger partial charge in [-0.05, 0) is 43.1 Å². The summed E-state index contributed by atoms with van der Waals surface area (Å²) in [5.74, 6) is 0.00136. The van der Waals surface area contributed by atoms with Crippen LogP contribution in [-0.2, 0) is 11.3 Å². The maximum absolute atomic E-state index is 13.8. The molecule has 0 unspecified atom stereocenters. The van der Waals surface area contributed by atoms with Crippen molar-refractivity contribution < 1.29 is 9.13 Å². The van der Waals surface area contributed by atoms with E-state index in [0.717, 1.165) is 38.9 Å². The SMILES string of the molecule is Fc1cccnc1N[C@@H]1CO[C@]2(CCCN(Cc3cccnc3)C2)C1. The van der Waals surface area contributed by atoms with Gasteiger partial charge in [-0.15, -0.1) is 0 Å². The van der Waals surface area contributed by atoms with E-state index in [4.69, 9.17) is 4.74 Å². The van der Waals surface area contributed by atoms with Crippen LogP contribution in [0.5, 0.6) is 0 Å². The lowest BCUT2D eigenvalue weighted by molar-refractivity contribution is -0.0533. The number of hydrogen-bond acceptors (Lipinski definition) is 5. The third-order valence-electron chi connectivity index (χ3n) is 5.06. The van der Waals surface area contributed by atoms with Crippen LogP contribution >= 0.6 is 0 Å². The van der Waals surface area contributed by atoms with Gasteiger partial charge < -0.3 is 10.1 Å². The quantitative estimate of drug-likeness (QED) is 0.926. The normalized spacial score (nSPS) is 26.8. The Labute approximate surface area is 147 Å². The zero-order valence-electron chi connectivity index (χ0n) is 14.2. The van der Waals surface area contributed by atoms with Gasteiger partial charge in [0.25, 0.3) is 0 Å². The Bertz CT molecular complexity index is 714. The van der Waals surface area contributed by atoms with E-state index in [1.165, 1.54) is 11.6 Å². The fourth-order valence-corrected chi connectivity index (χ4v) is 3.98. The molecule has 2 aromatic rings. The largest absolute Gasteiger partial charge is 0.371 e. The number of likely N-dealkylation sites (tertiary alicyclic amines) is 1. The Morgan fingerprint density at radius 1 is 1.32 bits per heavy atom. The molecular weight excluding hydrogens is 319 g/mol.